The highest BCUT2D eigenvalue weighted by molar-refractivity contribution is 6.50. The van der Waals surface area contributed by atoms with Gasteiger partial charge in [-0.05, 0) is 86.8 Å². The Bertz CT molecular complexity index is 1790. The first-order valence-electron chi connectivity index (χ1n) is 18.2. The second-order valence-electron chi connectivity index (χ2n) is 14.5. The van der Waals surface area contributed by atoms with E-state index in [1.807, 2.05) is 0 Å². The summed E-state index contributed by atoms with van der Waals surface area (Å²) in [6.07, 6.45) is 19.2. The molecule has 0 bridgehead atoms. The Balaban J connectivity index is 0.00000113. The molecule has 2 aromatic rings. The lowest BCUT2D eigenvalue weighted by Gasteiger charge is -2.27. The summed E-state index contributed by atoms with van der Waals surface area (Å²) in [5, 5.41) is 6.44. The summed E-state index contributed by atoms with van der Waals surface area (Å²) in [5.41, 5.74) is 19.0. The third-order valence-corrected chi connectivity index (χ3v) is 10.1. The molecule has 0 saturated heterocycles. The largest absolute Gasteiger partial charge is 0.673 e. The van der Waals surface area contributed by atoms with Gasteiger partial charge in [0.2, 0.25) is 11.6 Å². The zero-order valence-corrected chi connectivity index (χ0v) is 31.0. The molecule has 1 N–H and O–H groups in total. The van der Waals surface area contributed by atoms with Crippen LogP contribution in [0.15, 0.2) is 101 Å². The molecule has 3 aliphatic rings. The van der Waals surface area contributed by atoms with Crippen LogP contribution in [0.5, 0.6) is 0 Å². The molecule has 1 aliphatic carbocycles. The highest BCUT2D eigenvalue weighted by Crippen LogP contribution is 2.48. The van der Waals surface area contributed by atoms with Crippen molar-refractivity contribution in [3.63, 3.8) is 0 Å². The predicted octanol–water partition coefficient (Wildman–Crippen LogP) is 10.6. The van der Waals surface area contributed by atoms with Gasteiger partial charge in [0, 0.05) is 65.5 Å². The molecular formula is C40H51BF4N6O. The Morgan fingerprint density at radius 1 is 0.942 bits per heavy atom. The number of rotatable bonds is 13. The summed E-state index contributed by atoms with van der Waals surface area (Å²) in [4.78, 5) is 17.4. The molecule has 0 fully saturated rings. The van der Waals surface area contributed by atoms with Gasteiger partial charge in [-0.15, -0.1) is 0 Å². The van der Waals surface area contributed by atoms with Gasteiger partial charge in [-0.2, -0.15) is 4.58 Å². The summed E-state index contributed by atoms with van der Waals surface area (Å²) < 4.78 is 41.3. The van der Waals surface area contributed by atoms with Crippen molar-refractivity contribution in [2.45, 2.75) is 89.9 Å². The fourth-order valence-corrected chi connectivity index (χ4v) is 7.44. The van der Waals surface area contributed by atoms with Crippen LogP contribution in [-0.2, 0) is 15.6 Å². The minimum absolute atomic E-state index is 0.0198. The molecular weight excluding hydrogens is 667 g/mol. The highest BCUT2D eigenvalue weighted by Gasteiger charge is 2.42. The van der Waals surface area contributed by atoms with Crippen molar-refractivity contribution in [2.24, 2.45) is 5.11 Å². The number of azide groups is 1. The summed E-state index contributed by atoms with van der Waals surface area (Å²) in [6.45, 7) is 11.2. The van der Waals surface area contributed by atoms with Gasteiger partial charge in [0.25, 0.3) is 0 Å². The van der Waals surface area contributed by atoms with Crippen LogP contribution < -0.4 is 10.2 Å². The maximum Gasteiger partial charge on any atom is 0.673 e. The average Bonchev–Trinajstić information content (AvgIpc) is 3.43. The van der Waals surface area contributed by atoms with Crippen molar-refractivity contribution in [1.29, 1.82) is 0 Å². The van der Waals surface area contributed by atoms with Crippen LogP contribution in [0.4, 0.5) is 28.6 Å². The monoisotopic (exact) mass is 718 g/mol. The van der Waals surface area contributed by atoms with Crippen LogP contribution in [0, 0.1) is 0 Å². The van der Waals surface area contributed by atoms with Crippen molar-refractivity contribution in [2.75, 3.05) is 31.6 Å². The van der Waals surface area contributed by atoms with E-state index < -0.39 is 7.25 Å². The molecule has 2 aliphatic heterocycles. The molecule has 0 unspecified atom stereocenters. The normalized spacial score (nSPS) is 18.9. The van der Waals surface area contributed by atoms with Crippen LogP contribution in [0.3, 0.4) is 0 Å². The third-order valence-electron chi connectivity index (χ3n) is 10.1. The van der Waals surface area contributed by atoms with Crippen LogP contribution in [0.2, 0.25) is 0 Å². The fourth-order valence-electron chi connectivity index (χ4n) is 7.44. The first-order chi connectivity index (χ1) is 24.6. The van der Waals surface area contributed by atoms with Gasteiger partial charge in [-0.1, -0.05) is 80.0 Å². The standard InChI is InChI=1S/C40H50N6O.BF4/c1-39(2)32-17-8-10-19-34(32)45(5)36(39)24-22-30-15-13-16-31(29-30)23-25-37-40(3,4)33-18-9-11-20-35(33)46(37)28-12-6-7-21-38(47)42-26-14-27-43-44-41;2-1(3,4)5/h8-11,17-20,22-25,29H,6-7,12-16,21,26-28H2,1-5H3;/q;-1/p+1. The Kier molecular flexibility index (Phi) is 13.7. The topological polar surface area (TPSA) is 84.1 Å². The smallest absolute Gasteiger partial charge is 0.418 e. The van der Waals surface area contributed by atoms with Crippen LogP contribution in [0.1, 0.15) is 90.2 Å². The lowest BCUT2D eigenvalue weighted by atomic mass is 9.81. The third kappa shape index (κ3) is 10.5. The van der Waals surface area contributed by atoms with Crippen molar-refractivity contribution in [3.05, 3.63) is 117 Å². The van der Waals surface area contributed by atoms with Crippen molar-refractivity contribution in [3.8, 4) is 0 Å². The maximum atomic E-state index is 12.2. The number of nitrogens with one attached hydrogen (secondary N) is 1. The molecule has 0 spiro atoms. The lowest BCUT2D eigenvalue weighted by Crippen LogP contribution is -2.27. The second kappa shape index (κ2) is 17.8. The minimum atomic E-state index is -6.00. The van der Waals surface area contributed by atoms with Gasteiger partial charge < -0.3 is 27.5 Å². The van der Waals surface area contributed by atoms with E-state index >= 15 is 0 Å². The first-order valence-corrected chi connectivity index (χ1v) is 18.2. The number of unbranched alkanes of at least 4 members (excludes halogenated alkanes) is 2. The van der Waals surface area contributed by atoms with Crippen molar-refractivity contribution >= 4 is 30.2 Å². The second-order valence-corrected chi connectivity index (χ2v) is 14.5. The fraction of sp³-hybridized carbons (Fsp3) is 0.450. The number of nitrogens with zero attached hydrogens (tertiary/aromatic N) is 5. The number of hydrogen-bond donors (Lipinski definition) is 1. The number of allylic oxidation sites excluding steroid dienone is 8. The number of carbonyl (C=O) groups is 1. The summed E-state index contributed by atoms with van der Waals surface area (Å²) in [6, 6.07) is 17.5. The van der Waals surface area contributed by atoms with Crippen molar-refractivity contribution in [1.82, 2.24) is 5.32 Å². The molecule has 5 rings (SSSR count). The lowest BCUT2D eigenvalue weighted by molar-refractivity contribution is -0.401. The number of para-hydroxylation sites is 2. The van der Waals surface area contributed by atoms with E-state index in [-0.39, 0.29) is 16.7 Å². The van der Waals surface area contributed by atoms with Crippen LogP contribution >= 0.6 is 0 Å². The summed E-state index contributed by atoms with van der Waals surface area (Å²) in [7, 11) is -3.82. The number of hydrogen-bond acceptors (Lipinski definition) is 3. The number of benzene rings is 2. The molecule has 0 aromatic heterocycles. The molecule has 2 heterocycles. The van der Waals surface area contributed by atoms with E-state index in [1.165, 1.54) is 45.1 Å². The molecule has 0 radical (unpaired) electrons. The average molecular weight is 719 g/mol. The minimum Gasteiger partial charge on any atom is -0.418 e. The Morgan fingerprint density at radius 2 is 1.63 bits per heavy atom. The molecule has 7 nitrogen and oxygen atoms in total. The van der Waals surface area contributed by atoms with Crippen molar-refractivity contribution < 1.29 is 26.6 Å². The van der Waals surface area contributed by atoms with E-state index in [0.29, 0.717) is 25.9 Å². The molecule has 52 heavy (non-hydrogen) atoms. The molecule has 1 amide bonds. The van der Waals surface area contributed by atoms with E-state index in [0.717, 1.165) is 45.1 Å². The van der Waals surface area contributed by atoms with E-state index in [1.54, 1.807) is 0 Å². The Hall–Kier alpha value is -4.57. The SMILES string of the molecule is C[N+]1=C(C=CC2=CC(=CC=C3N(CCCCCC(=O)NCCCN=[N+]=[N-])c4ccccc4C3(C)C)CCC2)C(C)(C)c2ccccc21.F[B-](F)(F)F. The zero-order valence-electron chi connectivity index (χ0n) is 31.0. The number of halogens is 4. The maximum absolute atomic E-state index is 12.2. The van der Waals surface area contributed by atoms with Gasteiger partial charge in [-0.25, -0.2) is 0 Å². The van der Waals surface area contributed by atoms with E-state index in [4.69, 9.17) is 5.53 Å². The van der Waals surface area contributed by atoms with E-state index in [9.17, 15) is 22.1 Å². The molecule has 2 aromatic carbocycles. The molecule has 12 heteroatoms. The van der Waals surface area contributed by atoms with Gasteiger partial charge in [0.15, 0.2) is 5.71 Å². The van der Waals surface area contributed by atoms with Gasteiger partial charge in [0.1, 0.15) is 7.05 Å². The Labute approximate surface area is 305 Å². The summed E-state index contributed by atoms with van der Waals surface area (Å²) >= 11 is 0. The number of fused-ring (bicyclic) bond motifs is 2. The van der Waals surface area contributed by atoms with Gasteiger partial charge >= 0.3 is 7.25 Å². The Morgan fingerprint density at radius 3 is 2.35 bits per heavy atom. The van der Waals surface area contributed by atoms with Gasteiger partial charge in [0.05, 0.1) is 5.41 Å². The van der Waals surface area contributed by atoms with Crippen LogP contribution in [-0.4, -0.2) is 50.1 Å². The van der Waals surface area contributed by atoms with E-state index in [2.05, 4.69) is 138 Å². The first kappa shape index (κ1) is 40.2. The number of anilines is 1. The molecule has 0 atom stereocenters. The number of amides is 1. The molecule has 0 saturated carbocycles. The quantitative estimate of drug-likeness (QED) is 0.0425. The molecule has 278 valence electrons. The highest BCUT2D eigenvalue weighted by atomic mass is 19.5. The van der Waals surface area contributed by atoms with Crippen LogP contribution in [0.25, 0.3) is 10.4 Å². The summed E-state index contributed by atoms with van der Waals surface area (Å²) in [5.74, 6) is 0.0724. The zero-order chi connectivity index (χ0) is 37.9. The number of carbonyl (C=O) groups excluding carboxylic acids is 1. The van der Waals surface area contributed by atoms with Gasteiger partial charge in [-0.3, -0.25) is 4.79 Å². The predicted molar refractivity (Wildman–Crippen MR) is 205 cm³/mol.